The van der Waals surface area contributed by atoms with Crippen LogP contribution >= 0.6 is 0 Å². The van der Waals surface area contributed by atoms with E-state index >= 15 is 0 Å². The van der Waals surface area contributed by atoms with Crippen LogP contribution < -0.4 is 10.6 Å². The van der Waals surface area contributed by atoms with Crippen molar-refractivity contribution in [1.29, 1.82) is 0 Å². The number of aromatic nitrogens is 2. The third-order valence-corrected chi connectivity index (χ3v) is 3.49. The fraction of sp³-hybridized carbons (Fsp3) is 0.714. The molecule has 0 amide bonds. The molecule has 106 valence electrons. The Morgan fingerprint density at radius 2 is 2.05 bits per heavy atom. The monoisotopic (exact) mass is 263 g/mol. The first kappa shape index (κ1) is 14.1. The zero-order valence-corrected chi connectivity index (χ0v) is 12.4. The van der Waals surface area contributed by atoms with Crippen LogP contribution in [0.3, 0.4) is 0 Å². The molecule has 5 nitrogen and oxygen atoms in total. The Kier molecular flexibility index (Phi) is 4.24. The van der Waals surface area contributed by atoms with E-state index in [0.717, 1.165) is 24.7 Å². The summed E-state index contributed by atoms with van der Waals surface area (Å²) in [6.45, 7) is 6.30. The summed E-state index contributed by atoms with van der Waals surface area (Å²) in [4.78, 5) is 13.6. The molecular formula is C14H25N5. The van der Waals surface area contributed by atoms with Gasteiger partial charge >= 0.3 is 0 Å². The van der Waals surface area contributed by atoms with Crippen molar-refractivity contribution < 1.29 is 0 Å². The van der Waals surface area contributed by atoms with Gasteiger partial charge in [-0.1, -0.05) is 0 Å². The lowest BCUT2D eigenvalue weighted by molar-refractivity contribution is 0.372. The summed E-state index contributed by atoms with van der Waals surface area (Å²) in [6, 6.07) is 2.29. The van der Waals surface area contributed by atoms with Crippen molar-refractivity contribution in [2.24, 2.45) is 0 Å². The van der Waals surface area contributed by atoms with Gasteiger partial charge in [-0.25, -0.2) is 9.97 Å². The van der Waals surface area contributed by atoms with Gasteiger partial charge in [-0.3, -0.25) is 0 Å². The Balaban J connectivity index is 2.21. The van der Waals surface area contributed by atoms with Gasteiger partial charge in [-0.15, -0.1) is 0 Å². The molecule has 1 aromatic heterocycles. The molecule has 1 aliphatic rings. The highest BCUT2D eigenvalue weighted by atomic mass is 15.2. The normalized spacial score (nSPS) is 16.7. The van der Waals surface area contributed by atoms with Crippen LogP contribution in [-0.4, -0.2) is 48.1 Å². The molecule has 1 aliphatic carbocycles. The molecule has 0 saturated heterocycles. The number of likely N-dealkylation sites (N-methyl/N-ethyl adjacent to an activating group) is 2. The van der Waals surface area contributed by atoms with E-state index in [4.69, 9.17) is 10.7 Å². The van der Waals surface area contributed by atoms with E-state index in [9.17, 15) is 0 Å². The second-order valence-corrected chi connectivity index (χ2v) is 5.68. The van der Waals surface area contributed by atoms with Gasteiger partial charge in [0.1, 0.15) is 17.5 Å². The van der Waals surface area contributed by atoms with Crippen molar-refractivity contribution in [1.82, 2.24) is 14.9 Å². The van der Waals surface area contributed by atoms with Crippen molar-refractivity contribution in [2.45, 2.75) is 38.6 Å². The fourth-order valence-corrected chi connectivity index (χ4v) is 2.47. The Morgan fingerprint density at radius 1 is 1.37 bits per heavy atom. The lowest BCUT2D eigenvalue weighted by Gasteiger charge is -2.31. The van der Waals surface area contributed by atoms with Crippen LogP contribution in [0.5, 0.6) is 0 Å². The summed E-state index contributed by atoms with van der Waals surface area (Å²) in [5.74, 6) is 3.00. The number of nitrogens with zero attached hydrogens (tertiary/aromatic N) is 4. The summed E-state index contributed by atoms with van der Waals surface area (Å²) in [6.07, 6.45) is 2.39. The lowest BCUT2D eigenvalue weighted by Crippen LogP contribution is -2.40. The first-order valence-electron chi connectivity index (χ1n) is 7.07. The highest BCUT2D eigenvalue weighted by Gasteiger charge is 2.28. The van der Waals surface area contributed by atoms with E-state index in [0.29, 0.717) is 17.8 Å². The number of hydrogen-bond acceptors (Lipinski definition) is 5. The average Bonchev–Trinajstić information content (AvgIpc) is 3.11. The van der Waals surface area contributed by atoms with E-state index in [-0.39, 0.29) is 0 Å². The van der Waals surface area contributed by atoms with Crippen molar-refractivity contribution in [3.05, 3.63) is 11.9 Å². The Morgan fingerprint density at radius 3 is 2.58 bits per heavy atom. The smallest absolute Gasteiger partial charge is 0.136 e. The highest BCUT2D eigenvalue weighted by Crippen LogP contribution is 2.39. The molecule has 1 fully saturated rings. The van der Waals surface area contributed by atoms with Crippen LogP contribution in [0.4, 0.5) is 11.6 Å². The molecule has 0 radical (unpaired) electrons. The average molecular weight is 263 g/mol. The molecular weight excluding hydrogens is 238 g/mol. The van der Waals surface area contributed by atoms with Crippen LogP contribution in [0.1, 0.15) is 38.4 Å². The fourth-order valence-electron chi connectivity index (χ4n) is 2.47. The van der Waals surface area contributed by atoms with Gasteiger partial charge < -0.3 is 15.5 Å². The van der Waals surface area contributed by atoms with Crippen molar-refractivity contribution >= 4 is 11.6 Å². The van der Waals surface area contributed by atoms with Crippen LogP contribution in [0, 0.1) is 0 Å². The molecule has 1 atom stereocenters. The second-order valence-electron chi connectivity index (χ2n) is 5.68. The van der Waals surface area contributed by atoms with Crippen molar-refractivity contribution in [2.75, 3.05) is 37.8 Å². The number of nitrogen functional groups attached to an aromatic ring is 1. The summed E-state index contributed by atoms with van der Waals surface area (Å²) in [5, 5.41) is 0. The predicted octanol–water partition coefficient (Wildman–Crippen LogP) is 1.71. The highest BCUT2D eigenvalue weighted by molar-refractivity contribution is 5.48. The third-order valence-electron chi connectivity index (χ3n) is 3.49. The quantitative estimate of drug-likeness (QED) is 0.846. The van der Waals surface area contributed by atoms with Crippen molar-refractivity contribution in [3.8, 4) is 0 Å². The largest absolute Gasteiger partial charge is 0.384 e. The van der Waals surface area contributed by atoms with Gasteiger partial charge in [-0.05, 0) is 40.8 Å². The van der Waals surface area contributed by atoms with E-state index < -0.39 is 0 Å². The van der Waals surface area contributed by atoms with Gasteiger partial charge in [0.2, 0.25) is 0 Å². The second kappa shape index (κ2) is 5.74. The number of rotatable bonds is 6. The Labute approximate surface area is 115 Å². The lowest BCUT2D eigenvalue weighted by atomic mass is 10.2. The minimum absolute atomic E-state index is 0.404. The molecule has 19 heavy (non-hydrogen) atoms. The molecule has 1 unspecified atom stereocenters. The van der Waals surface area contributed by atoms with E-state index in [1.165, 1.54) is 12.8 Å². The number of hydrogen-bond donors (Lipinski definition) is 1. The van der Waals surface area contributed by atoms with Gasteiger partial charge in [0.25, 0.3) is 0 Å². The minimum atomic E-state index is 0.404. The van der Waals surface area contributed by atoms with Crippen LogP contribution in [0.2, 0.25) is 0 Å². The van der Waals surface area contributed by atoms with Crippen LogP contribution in [-0.2, 0) is 0 Å². The van der Waals surface area contributed by atoms with Crippen LogP contribution in [0.15, 0.2) is 6.07 Å². The molecule has 1 heterocycles. The van der Waals surface area contributed by atoms with Gasteiger partial charge in [-0.2, -0.15) is 0 Å². The Hall–Kier alpha value is -1.36. The minimum Gasteiger partial charge on any atom is -0.384 e. The summed E-state index contributed by atoms with van der Waals surface area (Å²) in [5.41, 5.74) is 5.93. The topological polar surface area (TPSA) is 58.3 Å². The van der Waals surface area contributed by atoms with E-state index in [1.807, 2.05) is 6.07 Å². The van der Waals surface area contributed by atoms with Crippen molar-refractivity contribution in [3.63, 3.8) is 0 Å². The standard InChI is InChI=1S/C14H25N5/c1-5-19(10(2)9-18(3)4)13-8-12(15)16-14(17-13)11-6-7-11/h8,10-11H,5-7,9H2,1-4H3,(H2,15,16,17). The number of anilines is 2. The zero-order valence-electron chi connectivity index (χ0n) is 12.4. The molecule has 0 aromatic carbocycles. The SMILES string of the molecule is CCN(c1cc(N)nc(C2CC2)n1)C(C)CN(C)C. The molecule has 0 aliphatic heterocycles. The maximum absolute atomic E-state index is 5.93. The van der Waals surface area contributed by atoms with E-state index in [2.05, 4.69) is 42.7 Å². The van der Waals surface area contributed by atoms with Gasteiger partial charge in [0.05, 0.1) is 0 Å². The Bertz CT molecular complexity index is 428. The zero-order chi connectivity index (χ0) is 14.0. The summed E-state index contributed by atoms with van der Waals surface area (Å²) in [7, 11) is 4.18. The molecule has 2 N–H and O–H groups in total. The maximum atomic E-state index is 5.93. The summed E-state index contributed by atoms with van der Waals surface area (Å²) >= 11 is 0. The third kappa shape index (κ3) is 3.56. The molecule has 0 spiro atoms. The molecule has 2 rings (SSSR count). The van der Waals surface area contributed by atoms with Gasteiger partial charge in [0, 0.05) is 31.1 Å². The molecule has 1 saturated carbocycles. The molecule has 5 heteroatoms. The maximum Gasteiger partial charge on any atom is 0.136 e. The molecule has 1 aromatic rings. The first-order valence-corrected chi connectivity index (χ1v) is 7.07. The van der Waals surface area contributed by atoms with Gasteiger partial charge in [0.15, 0.2) is 0 Å². The summed E-state index contributed by atoms with van der Waals surface area (Å²) < 4.78 is 0. The first-order chi connectivity index (χ1) is 9.01. The number of nitrogens with two attached hydrogens (primary N) is 1. The van der Waals surface area contributed by atoms with E-state index in [1.54, 1.807) is 0 Å². The molecule has 0 bridgehead atoms. The predicted molar refractivity (Wildman–Crippen MR) is 79.5 cm³/mol. The van der Waals surface area contributed by atoms with Crippen LogP contribution in [0.25, 0.3) is 0 Å².